The van der Waals surface area contributed by atoms with Crippen molar-refractivity contribution in [2.75, 3.05) is 0 Å². The Morgan fingerprint density at radius 2 is 1.48 bits per heavy atom. The molecule has 0 N–H and O–H groups in total. The maximum atomic E-state index is 2.52. The highest BCUT2D eigenvalue weighted by atomic mass is 15.0. The molecule has 1 heteroatoms. The zero-order valence-electron chi connectivity index (χ0n) is 13.7. The molecule has 0 saturated heterocycles. The summed E-state index contributed by atoms with van der Waals surface area (Å²) in [7, 11) is 0. The van der Waals surface area contributed by atoms with E-state index in [2.05, 4.69) is 78.4 Å². The number of hydrogen-bond donors (Lipinski definition) is 0. The summed E-state index contributed by atoms with van der Waals surface area (Å²) in [6, 6.07) is 22.1. The molecule has 1 heterocycles. The predicted molar refractivity (Wildman–Crippen MR) is 96.8 cm³/mol. The third-order valence-corrected chi connectivity index (χ3v) is 5.13. The predicted octanol–water partition coefficient (Wildman–Crippen LogP) is 5.64. The summed E-state index contributed by atoms with van der Waals surface area (Å²) in [6.07, 6.45) is 7.44. The van der Waals surface area contributed by atoms with Crippen molar-refractivity contribution in [3.8, 4) is 11.1 Å². The molecule has 1 aromatic heterocycles. The van der Waals surface area contributed by atoms with Crippen molar-refractivity contribution >= 4 is 0 Å². The molecule has 116 valence electrons. The topological polar surface area (TPSA) is 4.93 Å². The van der Waals surface area contributed by atoms with Crippen LogP contribution in [0.5, 0.6) is 0 Å². The van der Waals surface area contributed by atoms with E-state index in [9.17, 15) is 0 Å². The molecule has 3 aromatic rings. The quantitative estimate of drug-likeness (QED) is 0.589. The molecule has 0 unspecified atom stereocenters. The molecule has 0 saturated carbocycles. The van der Waals surface area contributed by atoms with Gasteiger partial charge in [0.15, 0.2) is 0 Å². The largest absolute Gasteiger partial charge is 0.343 e. The Balaban J connectivity index is 1.83. The van der Waals surface area contributed by atoms with Gasteiger partial charge in [-0.15, -0.1) is 0 Å². The molecule has 4 rings (SSSR count). The summed E-state index contributed by atoms with van der Waals surface area (Å²) in [5.41, 5.74) is 7.29. The Bertz CT molecular complexity index is 784. The number of rotatable bonds is 3. The van der Waals surface area contributed by atoms with Crippen molar-refractivity contribution in [1.29, 1.82) is 0 Å². The van der Waals surface area contributed by atoms with Crippen molar-refractivity contribution in [3.63, 3.8) is 0 Å². The van der Waals surface area contributed by atoms with E-state index in [0.29, 0.717) is 6.04 Å². The lowest BCUT2D eigenvalue weighted by Gasteiger charge is -2.21. The van der Waals surface area contributed by atoms with Gasteiger partial charge in [-0.2, -0.15) is 0 Å². The number of hydrogen-bond acceptors (Lipinski definition) is 0. The second kappa shape index (κ2) is 6.08. The first-order chi connectivity index (χ1) is 11.3. The minimum absolute atomic E-state index is 0.389. The van der Waals surface area contributed by atoms with Gasteiger partial charge in [0.2, 0.25) is 0 Å². The summed E-state index contributed by atoms with van der Waals surface area (Å²) in [5.74, 6) is 0. The Kier molecular flexibility index (Phi) is 3.78. The molecule has 0 bridgehead atoms. The molecular formula is C22H23N. The van der Waals surface area contributed by atoms with E-state index >= 15 is 0 Å². The van der Waals surface area contributed by atoms with Crippen LogP contribution in [0.3, 0.4) is 0 Å². The first kappa shape index (κ1) is 14.3. The van der Waals surface area contributed by atoms with Crippen LogP contribution in [0.2, 0.25) is 0 Å². The number of aromatic nitrogens is 1. The fourth-order valence-electron chi connectivity index (χ4n) is 3.86. The molecule has 2 aromatic carbocycles. The van der Waals surface area contributed by atoms with Gasteiger partial charge in [-0.25, -0.2) is 0 Å². The van der Waals surface area contributed by atoms with E-state index in [-0.39, 0.29) is 0 Å². The Hall–Kier alpha value is -2.28. The highest BCUT2D eigenvalue weighted by molar-refractivity contribution is 5.69. The standard InChI is InChI=1S/C22H23N/c1-17(18-10-4-2-5-11-18)23-16-21(19-12-6-3-7-13-19)20-14-8-9-15-22(20)23/h2-7,10-13,16-17H,8-9,14-15H2,1H3/t17-/m1/s1. The van der Waals surface area contributed by atoms with E-state index in [1.54, 1.807) is 11.3 Å². The Morgan fingerprint density at radius 1 is 0.826 bits per heavy atom. The van der Waals surface area contributed by atoms with Crippen LogP contribution in [0.4, 0.5) is 0 Å². The average molecular weight is 301 g/mol. The number of nitrogens with zero attached hydrogens (tertiary/aromatic N) is 1. The highest BCUT2D eigenvalue weighted by Crippen LogP contribution is 2.36. The molecule has 0 amide bonds. The van der Waals surface area contributed by atoms with E-state index < -0.39 is 0 Å². The lowest BCUT2D eigenvalue weighted by molar-refractivity contribution is 0.572. The summed E-state index contributed by atoms with van der Waals surface area (Å²) in [5, 5.41) is 0. The van der Waals surface area contributed by atoms with Gasteiger partial charge >= 0.3 is 0 Å². The van der Waals surface area contributed by atoms with Gasteiger partial charge in [-0.1, -0.05) is 60.7 Å². The highest BCUT2D eigenvalue weighted by Gasteiger charge is 2.22. The zero-order chi connectivity index (χ0) is 15.6. The molecule has 0 aliphatic heterocycles. The van der Waals surface area contributed by atoms with Crippen LogP contribution in [0.1, 0.15) is 42.6 Å². The van der Waals surface area contributed by atoms with Crippen LogP contribution in [-0.4, -0.2) is 4.57 Å². The van der Waals surface area contributed by atoms with E-state index in [4.69, 9.17) is 0 Å². The molecule has 1 aliphatic carbocycles. The summed E-state index contributed by atoms with van der Waals surface area (Å²) < 4.78 is 2.52. The van der Waals surface area contributed by atoms with Crippen LogP contribution in [-0.2, 0) is 12.8 Å². The SMILES string of the molecule is C[C@H](c1ccccc1)n1cc(-c2ccccc2)c2c1CCCC2. The summed E-state index contributed by atoms with van der Waals surface area (Å²) >= 11 is 0. The van der Waals surface area contributed by atoms with Crippen molar-refractivity contribution < 1.29 is 0 Å². The lowest BCUT2D eigenvalue weighted by atomic mass is 9.92. The molecule has 0 fully saturated rings. The zero-order valence-corrected chi connectivity index (χ0v) is 13.7. The second-order valence-corrected chi connectivity index (χ2v) is 6.54. The van der Waals surface area contributed by atoms with Crippen molar-refractivity contribution in [2.24, 2.45) is 0 Å². The molecule has 23 heavy (non-hydrogen) atoms. The Morgan fingerprint density at radius 3 is 2.22 bits per heavy atom. The van der Waals surface area contributed by atoms with E-state index in [1.807, 2.05) is 0 Å². The smallest absolute Gasteiger partial charge is 0.0554 e. The van der Waals surface area contributed by atoms with Crippen LogP contribution >= 0.6 is 0 Å². The first-order valence-corrected chi connectivity index (χ1v) is 8.67. The Labute approximate surface area is 138 Å². The molecule has 0 spiro atoms. The van der Waals surface area contributed by atoms with Gasteiger partial charge in [0.25, 0.3) is 0 Å². The average Bonchev–Trinajstić information content (AvgIpc) is 3.02. The first-order valence-electron chi connectivity index (χ1n) is 8.67. The number of benzene rings is 2. The maximum Gasteiger partial charge on any atom is 0.0554 e. The number of fused-ring (bicyclic) bond motifs is 1. The minimum Gasteiger partial charge on any atom is -0.343 e. The van der Waals surface area contributed by atoms with Gasteiger partial charge in [0.1, 0.15) is 0 Å². The fraction of sp³-hybridized carbons (Fsp3) is 0.273. The van der Waals surface area contributed by atoms with E-state index in [1.165, 1.54) is 42.4 Å². The van der Waals surface area contributed by atoms with Crippen molar-refractivity contribution in [1.82, 2.24) is 4.57 Å². The van der Waals surface area contributed by atoms with Crippen LogP contribution < -0.4 is 0 Å². The summed E-state index contributed by atoms with van der Waals surface area (Å²) in [4.78, 5) is 0. The van der Waals surface area contributed by atoms with Crippen LogP contribution in [0.25, 0.3) is 11.1 Å². The molecule has 1 atom stereocenters. The second-order valence-electron chi connectivity index (χ2n) is 6.54. The minimum atomic E-state index is 0.389. The normalized spacial score (nSPS) is 15.2. The van der Waals surface area contributed by atoms with E-state index in [0.717, 1.165) is 0 Å². The lowest BCUT2D eigenvalue weighted by Crippen LogP contribution is -2.12. The van der Waals surface area contributed by atoms with Crippen molar-refractivity contribution in [3.05, 3.63) is 83.7 Å². The van der Waals surface area contributed by atoms with Gasteiger partial charge in [0, 0.05) is 17.5 Å². The molecular weight excluding hydrogens is 278 g/mol. The van der Waals surface area contributed by atoms with Crippen LogP contribution in [0.15, 0.2) is 66.9 Å². The molecule has 0 radical (unpaired) electrons. The monoisotopic (exact) mass is 301 g/mol. The van der Waals surface area contributed by atoms with Gasteiger partial charge in [-0.3, -0.25) is 0 Å². The third-order valence-electron chi connectivity index (χ3n) is 5.13. The van der Waals surface area contributed by atoms with Gasteiger partial charge < -0.3 is 4.57 Å². The van der Waals surface area contributed by atoms with Gasteiger partial charge in [-0.05, 0) is 49.3 Å². The van der Waals surface area contributed by atoms with Crippen LogP contribution in [0, 0.1) is 0 Å². The molecule has 1 nitrogen and oxygen atoms in total. The summed E-state index contributed by atoms with van der Waals surface area (Å²) in [6.45, 7) is 2.32. The maximum absolute atomic E-state index is 2.52. The van der Waals surface area contributed by atoms with Gasteiger partial charge in [0.05, 0.1) is 6.04 Å². The van der Waals surface area contributed by atoms with Crippen molar-refractivity contribution in [2.45, 2.75) is 38.6 Å². The molecule has 1 aliphatic rings. The third kappa shape index (κ3) is 2.61. The fourth-order valence-corrected chi connectivity index (χ4v) is 3.86.